The molecule has 0 aliphatic rings. The molecule has 2 rings (SSSR count). The zero-order valence-corrected chi connectivity index (χ0v) is 14.0. The zero-order valence-electron chi connectivity index (χ0n) is 9.24. The van der Waals surface area contributed by atoms with Crippen LogP contribution in [0.2, 0.25) is 5.15 Å². The summed E-state index contributed by atoms with van der Waals surface area (Å²) >= 11 is 5.59. The molecule has 0 bridgehead atoms. The average Bonchev–Trinajstić information content (AvgIpc) is 2.66. The quantitative estimate of drug-likeness (QED) is 0.442. The van der Waals surface area contributed by atoms with Crippen LogP contribution >= 0.6 is 19.0 Å². The van der Waals surface area contributed by atoms with Gasteiger partial charge in [0.25, 0.3) is 0 Å². The van der Waals surface area contributed by atoms with Crippen LogP contribution in [0, 0.1) is 0 Å². The predicted molar refractivity (Wildman–Crippen MR) is 57.3 cm³/mol. The van der Waals surface area contributed by atoms with Crippen molar-refractivity contribution in [2.75, 3.05) is 6.66 Å². The van der Waals surface area contributed by atoms with Crippen LogP contribution in [0.1, 0.15) is 0 Å². The molecule has 2 aromatic heterocycles. The maximum Gasteiger partial charge on any atom is 1.00 e. The molecule has 9 heteroatoms. The van der Waals surface area contributed by atoms with Crippen molar-refractivity contribution < 1.29 is 60.8 Å². The molecule has 0 aromatic carbocycles. The summed E-state index contributed by atoms with van der Waals surface area (Å²) in [5.41, 5.74) is -0.0517. The molecule has 0 fully saturated rings. The van der Waals surface area contributed by atoms with Crippen molar-refractivity contribution in [2.45, 2.75) is 0 Å². The van der Waals surface area contributed by atoms with E-state index in [1.54, 1.807) is 6.07 Å². The second kappa shape index (κ2) is 6.03. The molecule has 0 N–H and O–H groups in total. The van der Waals surface area contributed by atoms with E-state index in [-0.39, 0.29) is 62.1 Å². The average molecular weight is 297 g/mol. The van der Waals surface area contributed by atoms with Crippen LogP contribution in [0.25, 0.3) is 5.82 Å². The van der Waals surface area contributed by atoms with Gasteiger partial charge < -0.3 is 9.46 Å². The smallest absolute Gasteiger partial charge is 0.794 e. The van der Waals surface area contributed by atoms with Gasteiger partial charge in [-0.1, -0.05) is 11.6 Å². The van der Waals surface area contributed by atoms with E-state index in [9.17, 15) is 9.46 Å². The van der Waals surface area contributed by atoms with Crippen LogP contribution in [0.5, 0.6) is 0 Å². The number of hydrogen-bond donors (Lipinski definition) is 0. The molecule has 84 valence electrons. The molecule has 1 atom stereocenters. The van der Waals surface area contributed by atoms with Gasteiger partial charge in [-0.15, -0.1) is 10.2 Å². The minimum absolute atomic E-state index is 0. The Bertz CT molecular complexity index is 553. The molecule has 0 aliphatic carbocycles. The normalized spacial score (nSPS) is 13.8. The molecule has 1 unspecified atom stereocenters. The first-order chi connectivity index (χ1) is 7.48. The summed E-state index contributed by atoms with van der Waals surface area (Å²) in [6, 6.07) is 3.09. The molecule has 0 spiro atoms. The number of rotatable bonds is 2. The van der Waals surface area contributed by atoms with Gasteiger partial charge in [0.2, 0.25) is 0 Å². The minimum atomic E-state index is -3.68. The van der Waals surface area contributed by atoms with Crippen LogP contribution in [0.15, 0.2) is 24.5 Å². The maximum atomic E-state index is 11.4. The van der Waals surface area contributed by atoms with E-state index in [4.69, 9.17) is 11.6 Å². The van der Waals surface area contributed by atoms with Gasteiger partial charge in [0.15, 0.2) is 16.5 Å². The fourth-order valence-electron chi connectivity index (χ4n) is 1.21. The second-order valence-corrected chi connectivity index (χ2v) is 5.64. The van der Waals surface area contributed by atoms with Gasteiger partial charge in [0, 0.05) is 12.4 Å². The second-order valence-electron chi connectivity index (χ2n) is 3.16. The van der Waals surface area contributed by atoms with Gasteiger partial charge in [-0.05, 0) is 18.8 Å². The number of halogens is 1. The third-order valence-corrected chi connectivity index (χ3v) is 3.11. The molecule has 6 nitrogen and oxygen atoms in total. The Morgan fingerprint density at radius 3 is 2.65 bits per heavy atom. The molecule has 17 heavy (non-hydrogen) atoms. The topological polar surface area (TPSA) is 83.7 Å². The van der Waals surface area contributed by atoms with E-state index in [2.05, 4.69) is 15.2 Å². The predicted octanol–water partition coefficient (Wildman–Crippen LogP) is -2.79. The molecule has 0 saturated heterocycles. The molecule has 2 aromatic rings. The Labute approximate surface area is 145 Å². The van der Waals surface area contributed by atoms with E-state index < -0.39 is 7.37 Å². The number of imidazole rings is 1. The molecular formula is C8H7ClKN4O2P. The van der Waals surface area contributed by atoms with Crippen molar-refractivity contribution in [3.8, 4) is 5.82 Å². The number of hydrogen-bond acceptors (Lipinski definition) is 5. The fourth-order valence-corrected chi connectivity index (χ4v) is 2.15. The van der Waals surface area contributed by atoms with E-state index in [0.29, 0.717) is 5.82 Å². The van der Waals surface area contributed by atoms with Crippen LogP contribution in [0.4, 0.5) is 0 Å². The summed E-state index contributed by atoms with van der Waals surface area (Å²) < 4.78 is 12.8. The van der Waals surface area contributed by atoms with Crippen LogP contribution in [0.3, 0.4) is 0 Å². The van der Waals surface area contributed by atoms with Gasteiger partial charge in [-0.2, -0.15) is 0 Å². The molecule has 2 heterocycles. The SMILES string of the molecule is CP(=O)([O-])c1nccn1-c1ccc(Cl)nn1.[K+]. The summed E-state index contributed by atoms with van der Waals surface area (Å²) in [5.74, 6) is 0.356. The van der Waals surface area contributed by atoms with Gasteiger partial charge in [0.1, 0.15) is 0 Å². The van der Waals surface area contributed by atoms with Crippen molar-refractivity contribution >= 4 is 24.5 Å². The largest absolute Gasteiger partial charge is 1.00 e. The molecule has 0 radical (unpaired) electrons. The van der Waals surface area contributed by atoms with Crippen LogP contribution < -0.4 is 61.8 Å². The first kappa shape index (κ1) is 15.5. The van der Waals surface area contributed by atoms with Crippen molar-refractivity contribution in [1.29, 1.82) is 0 Å². The first-order valence-corrected chi connectivity index (χ1v) is 6.75. The van der Waals surface area contributed by atoms with Gasteiger partial charge in [-0.25, -0.2) is 4.98 Å². The summed E-state index contributed by atoms with van der Waals surface area (Å²) in [6.07, 6.45) is 2.89. The monoisotopic (exact) mass is 296 g/mol. The molecule has 0 aliphatic heterocycles. The Hall–Kier alpha value is 0.406. The molecule has 0 amide bonds. The Balaban J connectivity index is 0.00000144. The Morgan fingerprint density at radius 1 is 1.41 bits per heavy atom. The van der Waals surface area contributed by atoms with Crippen molar-refractivity contribution in [2.24, 2.45) is 0 Å². The van der Waals surface area contributed by atoms with Crippen molar-refractivity contribution in [3.63, 3.8) is 0 Å². The van der Waals surface area contributed by atoms with Crippen molar-refractivity contribution in [1.82, 2.24) is 19.7 Å². The summed E-state index contributed by atoms with van der Waals surface area (Å²) in [6.45, 7) is 1.11. The van der Waals surface area contributed by atoms with E-state index in [1.807, 2.05) is 0 Å². The summed E-state index contributed by atoms with van der Waals surface area (Å²) in [5, 5.41) is 7.65. The third kappa shape index (κ3) is 3.68. The van der Waals surface area contributed by atoms with Gasteiger partial charge in [-0.3, -0.25) is 4.57 Å². The molecule has 0 saturated carbocycles. The molecular weight excluding hydrogens is 290 g/mol. The van der Waals surface area contributed by atoms with Crippen LogP contribution in [-0.2, 0) is 4.57 Å². The number of nitrogens with zero attached hydrogens (tertiary/aromatic N) is 4. The number of aromatic nitrogens is 4. The first-order valence-electron chi connectivity index (χ1n) is 4.30. The fraction of sp³-hybridized carbons (Fsp3) is 0.125. The Morgan fingerprint density at radius 2 is 2.12 bits per heavy atom. The third-order valence-electron chi connectivity index (χ3n) is 1.85. The van der Waals surface area contributed by atoms with E-state index in [1.165, 1.54) is 23.0 Å². The van der Waals surface area contributed by atoms with Crippen molar-refractivity contribution in [3.05, 3.63) is 29.7 Å². The summed E-state index contributed by atoms with van der Waals surface area (Å²) in [4.78, 5) is 15.2. The summed E-state index contributed by atoms with van der Waals surface area (Å²) in [7, 11) is -3.68. The zero-order chi connectivity index (χ0) is 11.8. The maximum absolute atomic E-state index is 11.4. The van der Waals surface area contributed by atoms with E-state index in [0.717, 1.165) is 6.66 Å². The Kier molecular flexibility index (Phi) is 5.49. The van der Waals surface area contributed by atoms with Gasteiger partial charge in [0.05, 0.1) is 7.37 Å². The van der Waals surface area contributed by atoms with Gasteiger partial charge >= 0.3 is 51.4 Å². The standard InChI is InChI=1S/C8H8ClN4O2P.K/c1-16(14,15)8-10-4-5-13(8)7-3-2-6(9)11-12-7;/h2-5H,1H3,(H,14,15);/q;+1/p-1. The van der Waals surface area contributed by atoms with E-state index >= 15 is 0 Å². The van der Waals surface area contributed by atoms with Crippen LogP contribution in [-0.4, -0.2) is 26.4 Å². The minimum Gasteiger partial charge on any atom is -0.794 e.